The van der Waals surface area contributed by atoms with Crippen molar-refractivity contribution in [3.8, 4) is 0 Å². The minimum atomic E-state index is 0.0974. The van der Waals surface area contributed by atoms with E-state index in [-0.39, 0.29) is 11.9 Å². The van der Waals surface area contributed by atoms with Gasteiger partial charge in [-0.05, 0) is 48.0 Å². The lowest BCUT2D eigenvalue weighted by molar-refractivity contribution is 0.182. The second-order valence-corrected chi connectivity index (χ2v) is 5.10. The van der Waals surface area contributed by atoms with E-state index in [1.54, 1.807) is 7.11 Å². The number of benzene rings is 1. The number of halogens is 1. The second-order valence-electron chi connectivity index (χ2n) is 4.24. The number of ether oxygens (including phenoxy) is 1. The number of oxime groups is 1. The number of nitrogens with zero attached hydrogens (tertiary/aromatic N) is 2. The topological polar surface area (TPSA) is 71.1 Å². The van der Waals surface area contributed by atoms with Gasteiger partial charge in [0.05, 0.1) is 12.3 Å². The highest BCUT2D eigenvalue weighted by atomic mass is 79.9. The van der Waals surface area contributed by atoms with Gasteiger partial charge in [0.1, 0.15) is 0 Å². The van der Waals surface area contributed by atoms with Gasteiger partial charge in [0.2, 0.25) is 0 Å². The van der Waals surface area contributed by atoms with Crippen molar-refractivity contribution in [3.63, 3.8) is 0 Å². The maximum absolute atomic E-state index is 8.68. The van der Waals surface area contributed by atoms with Gasteiger partial charge in [-0.15, -0.1) is 0 Å². The molecule has 6 heteroatoms. The van der Waals surface area contributed by atoms with E-state index in [0.29, 0.717) is 12.2 Å². The maximum Gasteiger partial charge on any atom is 0.170 e. The predicted octanol–water partition coefficient (Wildman–Crippen LogP) is 2.40. The van der Waals surface area contributed by atoms with Crippen molar-refractivity contribution in [1.29, 1.82) is 0 Å². The summed E-state index contributed by atoms with van der Waals surface area (Å²) in [6.07, 6.45) is 0. The summed E-state index contributed by atoms with van der Waals surface area (Å²) in [5.74, 6) is 0.0974. The van der Waals surface area contributed by atoms with Crippen molar-refractivity contribution in [2.45, 2.75) is 19.9 Å². The molecule has 0 saturated heterocycles. The molecule has 0 heterocycles. The Kier molecular flexibility index (Phi) is 6.11. The molecule has 1 aromatic rings. The fourth-order valence-corrected chi connectivity index (χ4v) is 2.61. The van der Waals surface area contributed by atoms with Crippen LogP contribution >= 0.6 is 15.9 Å². The fraction of sp³-hybridized carbons (Fsp3) is 0.462. The largest absolute Gasteiger partial charge is 0.409 e. The number of hydrogen-bond donors (Lipinski definition) is 2. The van der Waals surface area contributed by atoms with Crippen LogP contribution in [0.15, 0.2) is 27.8 Å². The first kappa shape index (κ1) is 15.8. The van der Waals surface area contributed by atoms with Gasteiger partial charge in [0.25, 0.3) is 0 Å². The minimum absolute atomic E-state index is 0.0974. The molecule has 106 valence electrons. The first-order valence-corrected chi connectivity index (χ1v) is 6.87. The summed E-state index contributed by atoms with van der Waals surface area (Å²) in [7, 11) is 1.70. The first-order valence-electron chi connectivity index (χ1n) is 6.08. The molecule has 5 nitrogen and oxygen atoms in total. The Labute approximate surface area is 122 Å². The molecule has 0 saturated carbocycles. The van der Waals surface area contributed by atoms with E-state index in [1.165, 1.54) is 0 Å². The Balaban J connectivity index is 3.06. The molecule has 0 bridgehead atoms. The van der Waals surface area contributed by atoms with E-state index >= 15 is 0 Å². The van der Waals surface area contributed by atoms with E-state index in [9.17, 15) is 0 Å². The Morgan fingerprint density at radius 2 is 2.26 bits per heavy atom. The third-order valence-corrected chi connectivity index (χ3v) is 3.58. The highest BCUT2D eigenvalue weighted by molar-refractivity contribution is 9.10. The Hall–Kier alpha value is -1.27. The average Bonchev–Trinajstić information content (AvgIpc) is 2.40. The van der Waals surface area contributed by atoms with Crippen LogP contribution in [0.3, 0.4) is 0 Å². The molecule has 0 fully saturated rings. The minimum Gasteiger partial charge on any atom is -0.409 e. The summed E-state index contributed by atoms with van der Waals surface area (Å²) in [4.78, 5) is 2.23. The van der Waals surface area contributed by atoms with Gasteiger partial charge in [0, 0.05) is 29.7 Å². The molecular formula is C13H20BrN3O2. The zero-order chi connectivity index (χ0) is 14.4. The smallest absolute Gasteiger partial charge is 0.170 e. The van der Waals surface area contributed by atoms with Crippen LogP contribution in [0.1, 0.15) is 19.4 Å². The summed E-state index contributed by atoms with van der Waals surface area (Å²) in [6, 6.07) is 5.89. The van der Waals surface area contributed by atoms with Gasteiger partial charge < -0.3 is 20.6 Å². The van der Waals surface area contributed by atoms with Gasteiger partial charge in [-0.25, -0.2) is 0 Å². The lowest BCUT2D eigenvalue weighted by atomic mass is 10.1. The summed E-state index contributed by atoms with van der Waals surface area (Å²) in [5.41, 5.74) is 7.31. The van der Waals surface area contributed by atoms with Crippen LogP contribution in [0.2, 0.25) is 0 Å². The quantitative estimate of drug-likeness (QED) is 0.364. The molecule has 0 radical (unpaired) electrons. The van der Waals surface area contributed by atoms with Crippen molar-refractivity contribution < 1.29 is 9.94 Å². The summed E-state index contributed by atoms with van der Waals surface area (Å²) < 4.78 is 6.10. The molecule has 0 aliphatic carbocycles. The van der Waals surface area contributed by atoms with E-state index in [0.717, 1.165) is 16.7 Å². The Morgan fingerprint density at radius 1 is 1.58 bits per heavy atom. The van der Waals surface area contributed by atoms with Crippen molar-refractivity contribution in [2.75, 3.05) is 25.2 Å². The number of amidine groups is 1. The Morgan fingerprint density at radius 3 is 2.74 bits per heavy atom. The molecule has 0 amide bonds. The molecule has 0 aromatic heterocycles. The van der Waals surface area contributed by atoms with Crippen molar-refractivity contribution >= 4 is 27.5 Å². The molecule has 0 spiro atoms. The first-order chi connectivity index (χ1) is 9.04. The predicted molar refractivity (Wildman–Crippen MR) is 81.0 cm³/mol. The molecule has 0 aliphatic rings. The molecule has 3 N–H and O–H groups in total. The molecule has 0 aliphatic heterocycles. The SMILES string of the molecule is CCN(c1ccc(/C(N)=N/O)cc1Br)C(C)COC. The van der Waals surface area contributed by atoms with Crippen LogP contribution in [-0.2, 0) is 4.74 Å². The van der Waals surface area contributed by atoms with Gasteiger partial charge in [-0.1, -0.05) is 5.16 Å². The Bertz CT molecular complexity index is 452. The molecule has 1 atom stereocenters. The zero-order valence-corrected chi connectivity index (χ0v) is 13.0. The van der Waals surface area contributed by atoms with E-state index in [1.807, 2.05) is 18.2 Å². The third kappa shape index (κ3) is 3.84. The van der Waals surface area contributed by atoms with Gasteiger partial charge in [-0.2, -0.15) is 0 Å². The third-order valence-electron chi connectivity index (χ3n) is 2.94. The van der Waals surface area contributed by atoms with Crippen LogP contribution in [-0.4, -0.2) is 37.3 Å². The second kappa shape index (κ2) is 7.35. The number of nitrogens with two attached hydrogens (primary N) is 1. The maximum atomic E-state index is 8.68. The van der Waals surface area contributed by atoms with E-state index in [4.69, 9.17) is 15.7 Å². The molecule has 1 aromatic carbocycles. The summed E-state index contributed by atoms with van der Waals surface area (Å²) in [6.45, 7) is 5.72. The summed E-state index contributed by atoms with van der Waals surface area (Å²) >= 11 is 3.53. The highest BCUT2D eigenvalue weighted by Crippen LogP contribution is 2.28. The zero-order valence-electron chi connectivity index (χ0n) is 11.4. The van der Waals surface area contributed by atoms with Crippen molar-refractivity contribution in [2.24, 2.45) is 10.9 Å². The molecule has 19 heavy (non-hydrogen) atoms. The van der Waals surface area contributed by atoms with Crippen LogP contribution in [0.4, 0.5) is 5.69 Å². The standard InChI is InChI=1S/C13H20BrN3O2/c1-4-17(9(2)8-19-3)12-6-5-10(7-11(12)14)13(15)16-18/h5-7,9,18H,4,8H2,1-3H3,(H2,15,16). The van der Waals surface area contributed by atoms with Gasteiger partial charge in [-0.3, -0.25) is 0 Å². The normalized spacial score (nSPS) is 13.4. The van der Waals surface area contributed by atoms with E-state index in [2.05, 4.69) is 39.8 Å². The van der Waals surface area contributed by atoms with Gasteiger partial charge >= 0.3 is 0 Å². The van der Waals surface area contributed by atoms with Crippen LogP contribution in [0.5, 0.6) is 0 Å². The van der Waals surface area contributed by atoms with Crippen molar-refractivity contribution in [3.05, 3.63) is 28.2 Å². The van der Waals surface area contributed by atoms with Crippen LogP contribution < -0.4 is 10.6 Å². The van der Waals surface area contributed by atoms with Crippen molar-refractivity contribution in [1.82, 2.24) is 0 Å². The monoisotopic (exact) mass is 329 g/mol. The van der Waals surface area contributed by atoms with Crippen LogP contribution in [0.25, 0.3) is 0 Å². The molecule has 1 rings (SSSR count). The van der Waals surface area contributed by atoms with E-state index < -0.39 is 0 Å². The lowest BCUT2D eigenvalue weighted by Crippen LogP contribution is -2.36. The molecular weight excluding hydrogens is 310 g/mol. The lowest BCUT2D eigenvalue weighted by Gasteiger charge is -2.30. The highest BCUT2D eigenvalue weighted by Gasteiger charge is 2.16. The number of methoxy groups -OCH3 is 1. The fourth-order valence-electron chi connectivity index (χ4n) is 2.01. The average molecular weight is 330 g/mol. The number of likely N-dealkylation sites (N-methyl/N-ethyl adjacent to an activating group) is 1. The molecule has 1 unspecified atom stereocenters. The summed E-state index contributed by atoms with van der Waals surface area (Å²) in [5, 5.41) is 11.7. The van der Waals surface area contributed by atoms with Gasteiger partial charge in [0.15, 0.2) is 5.84 Å². The van der Waals surface area contributed by atoms with Crippen LogP contribution in [0, 0.1) is 0 Å². The number of hydrogen-bond acceptors (Lipinski definition) is 4. The number of anilines is 1. The number of rotatable bonds is 6.